The second-order valence-electron chi connectivity index (χ2n) is 4.56. The summed E-state index contributed by atoms with van der Waals surface area (Å²) in [6, 6.07) is 5.51. The number of anilines is 1. The van der Waals surface area contributed by atoms with Crippen LogP contribution in [0.25, 0.3) is 0 Å². The van der Waals surface area contributed by atoms with E-state index in [0.29, 0.717) is 17.1 Å². The number of nitrogens with zero attached hydrogens (tertiary/aromatic N) is 1. The first kappa shape index (κ1) is 16.2. The Morgan fingerprint density at radius 2 is 2.23 bits per heavy atom. The third kappa shape index (κ3) is 4.39. The van der Waals surface area contributed by atoms with Crippen molar-refractivity contribution in [1.29, 1.82) is 0 Å². The highest BCUT2D eigenvalue weighted by atomic mass is 32.2. The monoisotopic (exact) mass is 326 g/mol. The van der Waals surface area contributed by atoms with Crippen LogP contribution in [-0.2, 0) is 21.3 Å². The normalized spacial score (nSPS) is 12.0. The summed E-state index contributed by atoms with van der Waals surface area (Å²) in [6.45, 7) is 1.69. The van der Waals surface area contributed by atoms with Gasteiger partial charge in [0.2, 0.25) is 5.91 Å². The summed E-state index contributed by atoms with van der Waals surface area (Å²) < 4.78 is 35.2. The lowest BCUT2D eigenvalue weighted by Crippen LogP contribution is -2.20. The number of amides is 1. The van der Waals surface area contributed by atoms with Crippen molar-refractivity contribution in [3.63, 3.8) is 0 Å². The van der Waals surface area contributed by atoms with Gasteiger partial charge in [0.25, 0.3) is 0 Å². The third-order valence-corrected chi connectivity index (χ3v) is 3.96. The molecule has 1 aromatic carbocycles. The Morgan fingerprint density at radius 1 is 1.45 bits per heavy atom. The van der Waals surface area contributed by atoms with Gasteiger partial charge in [-0.3, -0.25) is 9.00 Å². The van der Waals surface area contributed by atoms with Crippen LogP contribution >= 0.6 is 0 Å². The van der Waals surface area contributed by atoms with E-state index >= 15 is 0 Å². The van der Waals surface area contributed by atoms with E-state index < -0.39 is 22.5 Å². The second kappa shape index (κ2) is 7.17. The maximum absolute atomic E-state index is 13.2. The van der Waals surface area contributed by atoms with Gasteiger partial charge in [-0.25, -0.2) is 4.39 Å². The number of aryl methyl sites for hydroxylation is 1. The molecule has 1 amide bonds. The van der Waals surface area contributed by atoms with Gasteiger partial charge >= 0.3 is 0 Å². The Kier molecular flexibility index (Phi) is 5.26. The van der Waals surface area contributed by atoms with E-state index in [4.69, 9.17) is 9.26 Å². The molecule has 0 spiro atoms. The quantitative estimate of drug-likeness (QED) is 0.878. The molecule has 0 aliphatic carbocycles. The molecule has 0 radical (unpaired) electrons. The topological polar surface area (TPSA) is 81.4 Å². The van der Waals surface area contributed by atoms with Crippen molar-refractivity contribution in [2.75, 3.05) is 18.2 Å². The summed E-state index contributed by atoms with van der Waals surface area (Å²) in [5.74, 6) is 0.140. The summed E-state index contributed by atoms with van der Waals surface area (Å²) >= 11 is 0. The molecule has 22 heavy (non-hydrogen) atoms. The number of methoxy groups -OCH3 is 1. The van der Waals surface area contributed by atoms with Crippen molar-refractivity contribution in [3.8, 4) is 5.75 Å². The van der Waals surface area contributed by atoms with Crippen LogP contribution in [0, 0.1) is 12.7 Å². The van der Waals surface area contributed by atoms with Crippen LogP contribution in [0.3, 0.4) is 0 Å². The van der Waals surface area contributed by atoms with Gasteiger partial charge < -0.3 is 14.6 Å². The molecule has 0 saturated carbocycles. The van der Waals surface area contributed by atoms with E-state index in [1.165, 1.54) is 25.3 Å². The first-order chi connectivity index (χ1) is 10.5. The van der Waals surface area contributed by atoms with Crippen molar-refractivity contribution in [2.45, 2.75) is 12.7 Å². The molecule has 0 fully saturated rings. The molecule has 1 N–H and O–H groups in total. The first-order valence-electron chi connectivity index (χ1n) is 6.38. The van der Waals surface area contributed by atoms with E-state index in [2.05, 4.69) is 10.5 Å². The Bertz CT molecular complexity index is 702. The van der Waals surface area contributed by atoms with Gasteiger partial charge in [0, 0.05) is 22.4 Å². The van der Waals surface area contributed by atoms with Crippen molar-refractivity contribution >= 4 is 22.5 Å². The van der Waals surface area contributed by atoms with Crippen LogP contribution in [0.1, 0.15) is 11.3 Å². The maximum atomic E-state index is 13.2. The minimum Gasteiger partial charge on any atom is -0.496 e. The fraction of sp³-hybridized carbons (Fsp3) is 0.286. The molecule has 1 heterocycles. The minimum absolute atomic E-state index is 0.0200. The minimum atomic E-state index is -1.51. The van der Waals surface area contributed by atoms with Gasteiger partial charge in [-0.2, -0.15) is 0 Å². The molecule has 2 rings (SSSR count). The van der Waals surface area contributed by atoms with Crippen molar-refractivity contribution in [2.24, 2.45) is 0 Å². The Hall–Kier alpha value is -2.22. The van der Waals surface area contributed by atoms with E-state index in [1.807, 2.05) is 0 Å². The zero-order chi connectivity index (χ0) is 16.1. The van der Waals surface area contributed by atoms with E-state index in [-0.39, 0.29) is 17.3 Å². The molecular formula is C14H15FN2O4S. The molecule has 2 aromatic rings. The van der Waals surface area contributed by atoms with Gasteiger partial charge in [0.1, 0.15) is 23.1 Å². The second-order valence-corrected chi connectivity index (χ2v) is 6.01. The average molecular weight is 326 g/mol. The number of hydrogen-bond acceptors (Lipinski definition) is 5. The number of carbonyl (C=O) groups excluding carboxylic acids is 1. The predicted molar refractivity (Wildman–Crippen MR) is 79.5 cm³/mol. The number of rotatable bonds is 6. The molecule has 0 aliphatic heterocycles. The standard InChI is InChI=1S/C14H15FN2O4S/c1-9-5-13(17-21-9)16-14(18)8-22(19)7-10-6-11(15)3-4-12(10)20-2/h3-6H,7-8H2,1-2H3,(H,16,17,18). The summed E-state index contributed by atoms with van der Waals surface area (Å²) in [4.78, 5) is 11.8. The zero-order valence-electron chi connectivity index (χ0n) is 12.1. The largest absolute Gasteiger partial charge is 0.496 e. The predicted octanol–water partition coefficient (Wildman–Crippen LogP) is 2.02. The van der Waals surface area contributed by atoms with Gasteiger partial charge in [-0.15, -0.1) is 0 Å². The number of ether oxygens (including phenoxy) is 1. The summed E-state index contributed by atoms with van der Waals surface area (Å²) in [7, 11) is -0.0615. The van der Waals surface area contributed by atoms with E-state index in [9.17, 15) is 13.4 Å². The van der Waals surface area contributed by atoms with Crippen molar-refractivity contribution < 1.29 is 22.7 Å². The molecule has 0 saturated heterocycles. The number of aromatic nitrogens is 1. The van der Waals surface area contributed by atoms with Crippen molar-refractivity contribution in [1.82, 2.24) is 5.16 Å². The van der Waals surface area contributed by atoms with Crippen molar-refractivity contribution in [3.05, 3.63) is 41.4 Å². The van der Waals surface area contributed by atoms with Gasteiger partial charge in [0.05, 0.1) is 12.9 Å². The fourth-order valence-corrected chi connectivity index (χ4v) is 2.87. The lowest BCUT2D eigenvalue weighted by Gasteiger charge is -2.08. The third-order valence-electron chi connectivity index (χ3n) is 2.75. The van der Waals surface area contributed by atoms with Crippen LogP contribution in [-0.4, -0.2) is 28.1 Å². The highest BCUT2D eigenvalue weighted by molar-refractivity contribution is 7.85. The van der Waals surface area contributed by atoms with Crippen LogP contribution in [0.2, 0.25) is 0 Å². The van der Waals surface area contributed by atoms with E-state index in [1.54, 1.807) is 13.0 Å². The molecule has 1 aromatic heterocycles. The summed E-state index contributed by atoms with van der Waals surface area (Å²) in [5.41, 5.74) is 0.450. The fourth-order valence-electron chi connectivity index (χ4n) is 1.83. The smallest absolute Gasteiger partial charge is 0.238 e. The van der Waals surface area contributed by atoms with Gasteiger partial charge in [0.15, 0.2) is 5.82 Å². The molecule has 1 atom stereocenters. The molecule has 0 aliphatic rings. The molecule has 118 valence electrons. The highest BCUT2D eigenvalue weighted by Gasteiger charge is 2.14. The van der Waals surface area contributed by atoms with Gasteiger partial charge in [-0.1, -0.05) is 5.16 Å². The van der Waals surface area contributed by atoms with Crippen LogP contribution in [0.15, 0.2) is 28.8 Å². The molecule has 0 bridgehead atoms. The first-order valence-corrected chi connectivity index (χ1v) is 7.87. The number of benzene rings is 1. The number of halogens is 1. The van der Waals surface area contributed by atoms with Crippen LogP contribution < -0.4 is 10.1 Å². The lowest BCUT2D eigenvalue weighted by molar-refractivity contribution is -0.113. The van der Waals surface area contributed by atoms with Gasteiger partial charge in [-0.05, 0) is 25.1 Å². The number of carbonyl (C=O) groups is 1. The Balaban J connectivity index is 1.95. The summed E-state index contributed by atoms with van der Waals surface area (Å²) in [6.07, 6.45) is 0. The highest BCUT2D eigenvalue weighted by Crippen LogP contribution is 2.21. The maximum Gasteiger partial charge on any atom is 0.238 e. The number of nitrogens with one attached hydrogen (secondary N) is 1. The number of hydrogen-bond donors (Lipinski definition) is 1. The molecular weight excluding hydrogens is 311 g/mol. The SMILES string of the molecule is COc1ccc(F)cc1CS(=O)CC(=O)Nc1cc(C)on1. The summed E-state index contributed by atoms with van der Waals surface area (Å²) in [5, 5.41) is 6.09. The average Bonchev–Trinajstić information content (AvgIpc) is 2.83. The Labute approximate surface area is 129 Å². The molecule has 8 heteroatoms. The van der Waals surface area contributed by atoms with E-state index in [0.717, 1.165) is 0 Å². The molecule has 1 unspecified atom stereocenters. The zero-order valence-corrected chi connectivity index (χ0v) is 12.9. The van der Waals surface area contributed by atoms with Crippen LogP contribution in [0.4, 0.5) is 10.2 Å². The molecule has 6 nitrogen and oxygen atoms in total. The van der Waals surface area contributed by atoms with Crippen LogP contribution in [0.5, 0.6) is 5.75 Å². The Morgan fingerprint density at radius 3 is 2.86 bits per heavy atom. The lowest BCUT2D eigenvalue weighted by atomic mass is 10.2.